The summed E-state index contributed by atoms with van der Waals surface area (Å²) in [6, 6.07) is 5.07. The van der Waals surface area contributed by atoms with E-state index in [9.17, 15) is 9.59 Å². The number of fused-ring (bicyclic) bond motifs is 2. The van der Waals surface area contributed by atoms with Gasteiger partial charge in [-0.05, 0) is 44.0 Å². The quantitative estimate of drug-likeness (QED) is 0.243. The fourth-order valence-corrected chi connectivity index (χ4v) is 5.46. The average molecular weight is 477 g/mol. The van der Waals surface area contributed by atoms with Gasteiger partial charge in [-0.3, -0.25) is 14.2 Å². The van der Waals surface area contributed by atoms with Crippen LogP contribution in [0.15, 0.2) is 32.9 Å². The van der Waals surface area contributed by atoms with Gasteiger partial charge in [-0.25, -0.2) is 9.97 Å². The highest BCUT2D eigenvalue weighted by Crippen LogP contribution is 2.27. The van der Waals surface area contributed by atoms with E-state index in [1.807, 2.05) is 13.8 Å². The molecule has 0 atom stereocenters. The molecule has 0 unspecified atom stereocenters. The first-order chi connectivity index (χ1) is 14.9. The predicted molar refractivity (Wildman–Crippen MR) is 127 cm³/mol. The van der Waals surface area contributed by atoms with E-state index in [-0.39, 0.29) is 11.1 Å². The number of aromatic amines is 1. The fourth-order valence-electron chi connectivity index (χ4n) is 3.35. The Hall–Kier alpha value is -2.20. The van der Waals surface area contributed by atoms with E-state index >= 15 is 0 Å². The van der Waals surface area contributed by atoms with Crippen molar-refractivity contribution in [2.24, 2.45) is 0 Å². The monoisotopic (exact) mass is 476 g/mol. The normalized spacial score (nSPS) is 11.6. The van der Waals surface area contributed by atoms with E-state index in [0.717, 1.165) is 15.3 Å². The van der Waals surface area contributed by atoms with Crippen molar-refractivity contribution in [2.75, 3.05) is 13.7 Å². The third-order valence-corrected chi connectivity index (χ3v) is 7.36. The van der Waals surface area contributed by atoms with Gasteiger partial charge in [0.2, 0.25) is 0 Å². The second kappa shape index (κ2) is 9.12. The third kappa shape index (κ3) is 4.41. The maximum atomic E-state index is 13.1. The highest BCUT2D eigenvalue weighted by atomic mass is 35.5. The average Bonchev–Trinajstić information content (AvgIpc) is 3.02. The molecule has 0 bridgehead atoms. The Kier molecular flexibility index (Phi) is 6.47. The lowest BCUT2D eigenvalue weighted by molar-refractivity contribution is 0.189. The molecule has 3 heterocycles. The van der Waals surface area contributed by atoms with Crippen molar-refractivity contribution in [3.8, 4) is 0 Å². The SMILES string of the molecule is COCCCn1c(SCc2nc3sc(C)c(C)c3c(=O)[nH]2)nc2cc(Cl)ccc2c1=O. The maximum absolute atomic E-state index is 13.1. The van der Waals surface area contributed by atoms with Crippen LogP contribution in [-0.4, -0.2) is 33.2 Å². The lowest BCUT2D eigenvalue weighted by Gasteiger charge is -2.13. The Balaban J connectivity index is 1.71. The first kappa shape index (κ1) is 22.0. The number of aryl methyl sites for hydroxylation is 2. The summed E-state index contributed by atoms with van der Waals surface area (Å²) in [5, 5.41) is 2.24. The van der Waals surface area contributed by atoms with E-state index in [2.05, 4.69) is 15.0 Å². The maximum Gasteiger partial charge on any atom is 0.262 e. The molecule has 0 radical (unpaired) electrons. The Morgan fingerprint density at radius 2 is 2.06 bits per heavy atom. The summed E-state index contributed by atoms with van der Waals surface area (Å²) in [6.07, 6.45) is 0.680. The number of nitrogens with one attached hydrogen (secondary N) is 1. The number of thioether (sulfide) groups is 1. The van der Waals surface area contributed by atoms with Crippen molar-refractivity contribution in [1.82, 2.24) is 19.5 Å². The molecular formula is C21H21ClN4O3S2. The van der Waals surface area contributed by atoms with Crippen LogP contribution in [0.5, 0.6) is 0 Å². The minimum Gasteiger partial charge on any atom is -0.385 e. The lowest BCUT2D eigenvalue weighted by atomic mass is 10.2. The van der Waals surface area contributed by atoms with Gasteiger partial charge in [0, 0.05) is 30.2 Å². The molecule has 0 aliphatic rings. The van der Waals surface area contributed by atoms with Crippen LogP contribution >= 0.6 is 34.7 Å². The van der Waals surface area contributed by atoms with Crippen molar-refractivity contribution in [3.05, 3.63) is 60.2 Å². The Labute approximate surface area is 191 Å². The Morgan fingerprint density at radius 3 is 2.84 bits per heavy atom. The van der Waals surface area contributed by atoms with Gasteiger partial charge in [-0.1, -0.05) is 23.4 Å². The zero-order chi connectivity index (χ0) is 22.1. The number of H-pyrrole nitrogens is 1. The highest BCUT2D eigenvalue weighted by molar-refractivity contribution is 7.98. The molecule has 0 aliphatic heterocycles. The highest BCUT2D eigenvalue weighted by Gasteiger charge is 2.15. The van der Waals surface area contributed by atoms with Gasteiger partial charge in [-0.15, -0.1) is 11.3 Å². The summed E-state index contributed by atoms with van der Waals surface area (Å²) in [5.41, 5.74) is 1.25. The first-order valence-corrected chi connectivity index (χ1v) is 11.9. The number of methoxy groups -OCH3 is 1. The zero-order valence-electron chi connectivity index (χ0n) is 17.3. The molecule has 0 aliphatic carbocycles. The molecule has 0 saturated heterocycles. The van der Waals surface area contributed by atoms with Gasteiger partial charge >= 0.3 is 0 Å². The Morgan fingerprint density at radius 1 is 1.26 bits per heavy atom. The van der Waals surface area contributed by atoms with Crippen LogP contribution in [0.1, 0.15) is 22.7 Å². The Bertz CT molecular complexity index is 1390. The smallest absolute Gasteiger partial charge is 0.262 e. The summed E-state index contributed by atoms with van der Waals surface area (Å²) < 4.78 is 6.78. The molecule has 0 saturated carbocycles. The van der Waals surface area contributed by atoms with E-state index in [0.29, 0.717) is 57.6 Å². The number of thiophene rings is 1. The number of hydrogen-bond acceptors (Lipinski definition) is 7. The first-order valence-electron chi connectivity index (χ1n) is 9.69. The van der Waals surface area contributed by atoms with Crippen LogP contribution in [-0.2, 0) is 17.0 Å². The van der Waals surface area contributed by atoms with Crippen LogP contribution in [0.25, 0.3) is 21.1 Å². The molecule has 162 valence electrons. The number of halogens is 1. The molecular weight excluding hydrogens is 456 g/mol. The minimum absolute atomic E-state index is 0.123. The molecule has 0 fully saturated rings. The van der Waals surface area contributed by atoms with Crippen LogP contribution in [0.4, 0.5) is 0 Å². The number of hydrogen-bond donors (Lipinski definition) is 1. The summed E-state index contributed by atoms with van der Waals surface area (Å²) >= 11 is 8.98. The van der Waals surface area contributed by atoms with Gasteiger partial charge in [0.1, 0.15) is 10.7 Å². The second-order valence-electron chi connectivity index (χ2n) is 7.12. The van der Waals surface area contributed by atoms with Crippen molar-refractivity contribution >= 4 is 55.8 Å². The summed E-state index contributed by atoms with van der Waals surface area (Å²) in [5.74, 6) is 0.928. The van der Waals surface area contributed by atoms with Crippen molar-refractivity contribution in [3.63, 3.8) is 0 Å². The van der Waals surface area contributed by atoms with Crippen molar-refractivity contribution in [2.45, 2.75) is 37.7 Å². The molecule has 31 heavy (non-hydrogen) atoms. The van der Waals surface area contributed by atoms with Crippen LogP contribution in [0.3, 0.4) is 0 Å². The van der Waals surface area contributed by atoms with Gasteiger partial charge in [0.15, 0.2) is 5.16 Å². The van der Waals surface area contributed by atoms with Gasteiger partial charge in [0.25, 0.3) is 11.1 Å². The lowest BCUT2D eigenvalue weighted by Crippen LogP contribution is -2.24. The molecule has 0 spiro atoms. The molecule has 10 heteroatoms. The molecule has 1 N–H and O–H groups in total. The predicted octanol–water partition coefficient (Wildman–Crippen LogP) is 4.29. The fraction of sp³-hybridized carbons (Fsp3) is 0.333. The summed E-state index contributed by atoms with van der Waals surface area (Å²) in [6.45, 7) is 4.94. The number of rotatable bonds is 7. The molecule has 7 nitrogen and oxygen atoms in total. The van der Waals surface area contributed by atoms with E-state index < -0.39 is 0 Å². The largest absolute Gasteiger partial charge is 0.385 e. The standard InChI is InChI=1S/C21H21ClN4O3S2/c1-11-12(2)31-19-17(11)18(27)24-16(25-19)10-30-21-23-15-9-13(22)5-6-14(15)20(28)26(21)7-4-8-29-3/h5-6,9H,4,7-8,10H2,1-3H3,(H,24,25,27). The molecule has 1 aromatic carbocycles. The van der Waals surface area contributed by atoms with E-state index in [1.165, 1.54) is 23.1 Å². The molecule has 4 rings (SSSR count). The van der Waals surface area contributed by atoms with Crippen molar-refractivity contribution in [1.29, 1.82) is 0 Å². The van der Waals surface area contributed by atoms with Crippen LogP contribution in [0, 0.1) is 13.8 Å². The molecule has 0 amide bonds. The van der Waals surface area contributed by atoms with Gasteiger partial charge in [-0.2, -0.15) is 0 Å². The number of nitrogens with zero attached hydrogens (tertiary/aromatic N) is 3. The minimum atomic E-state index is -0.141. The number of ether oxygens (including phenoxy) is 1. The zero-order valence-corrected chi connectivity index (χ0v) is 19.7. The van der Waals surface area contributed by atoms with Gasteiger partial charge < -0.3 is 9.72 Å². The van der Waals surface area contributed by atoms with Crippen LogP contribution < -0.4 is 11.1 Å². The number of benzene rings is 1. The summed E-state index contributed by atoms with van der Waals surface area (Å²) in [4.78, 5) is 39.6. The number of aromatic nitrogens is 4. The topological polar surface area (TPSA) is 89.9 Å². The van der Waals surface area contributed by atoms with Crippen LogP contribution in [0.2, 0.25) is 5.02 Å². The molecule has 3 aromatic heterocycles. The third-order valence-electron chi connectivity index (χ3n) is 5.04. The molecule has 4 aromatic rings. The van der Waals surface area contributed by atoms with E-state index in [4.69, 9.17) is 16.3 Å². The van der Waals surface area contributed by atoms with E-state index in [1.54, 1.807) is 29.9 Å². The van der Waals surface area contributed by atoms with Gasteiger partial charge in [0.05, 0.1) is 22.0 Å². The second-order valence-corrected chi connectivity index (χ2v) is 9.71. The van der Waals surface area contributed by atoms with Crippen molar-refractivity contribution < 1.29 is 4.74 Å². The summed E-state index contributed by atoms with van der Waals surface area (Å²) in [7, 11) is 1.63.